The van der Waals surface area contributed by atoms with E-state index in [1.54, 1.807) is 0 Å². The maximum Gasteiger partial charge on any atom is 0.229 e. The van der Waals surface area contributed by atoms with Crippen LogP contribution in [-0.4, -0.2) is 34.8 Å². The first-order chi connectivity index (χ1) is 12.9. The zero-order chi connectivity index (χ0) is 19.4. The van der Waals surface area contributed by atoms with E-state index in [-0.39, 0.29) is 17.7 Å². The van der Waals surface area contributed by atoms with Crippen LogP contribution in [-0.2, 0) is 16.0 Å². The fraction of sp³-hybridized carbons (Fsp3) is 0.409. The fourth-order valence-electron chi connectivity index (χ4n) is 3.74. The van der Waals surface area contributed by atoms with Gasteiger partial charge in [-0.05, 0) is 50.8 Å². The molecular weight excluding hydrogens is 338 g/mol. The zero-order valence-corrected chi connectivity index (χ0v) is 16.3. The summed E-state index contributed by atoms with van der Waals surface area (Å²) in [6.07, 6.45) is 2.04. The maximum atomic E-state index is 12.8. The summed E-state index contributed by atoms with van der Waals surface area (Å²) >= 11 is 0. The molecule has 0 aliphatic carbocycles. The summed E-state index contributed by atoms with van der Waals surface area (Å²) in [4.78, 5) is 31.7. The Morgan fingerprint density at radius 3 is 2.63 bits per heavy atom. The Kier molecular flexibility index (Phi) is 5.89. The maximum absolute atomic E-state index is 12.8. The molecule has 1 N–H and O–H groups in total. The third kappa shape index (κ3) is 4.73. The van der Waals surface area contributed by atoms with Gasteiger partial charge in [-0.2, -0.15) is 0 Å². The normalized spacial score (nSPS) is 16.9. The second-order valence-corrected chi connectivity index (χ2v) is 7.37. The summed E-state index contributed by atoms with van der Waals surface area (Å²) in [5, 5.41) is 3.05. The number of nitrogens with zero attached hydrogens (tertiary/aromatic N) is 2. The van der Waals surface area contributed by atoms with Gasteiger partial charge in [-0.25, -0.2) is 0 Å². The third-order valence-electron chi connectivity index (χ3n) is 5.12. The largest absolute Gasteiger partial charge is 0.342 e. The minimum Gasteiger partial charge on any atom is -0.342 e. The molecule has 0 bridgehead atoms. The highest BCUT2D eigenvalue weighted by Gasteiger charge is 2.29. The van der Waals surface area contributed by atoms with Crippen LogP contribution in [0.15, 0.2) is 36.4 Å². The topological polar surface area (TPSA) is 62.3 Å². The van der Waals surface area contributed by atoms with E-state index in [1.807, 2.05) is 62.1 Å². The first-order valence-corrected chi connectivity index (χ1v) is 9.51. The highest BCUT2D eigenvalue weighted by molar-refractivity contribution is 5.94. The number of benzene rings is 1. The van der Waals surface area contributed by atoms with E-state index < -0.39 is 0 Å². The standard InChI is InChI=1S/C22H27N3O2/c1-15-12-16(2)23-17(3)21(15)24-22(27)19-10-7-11-25(14-19)20(26)13-18-8-5-4-6-9-18/h4-6,8-9,12,19H,7,10-11,13-14H2,1-3H3,(H,24,27). The molecule has 5 heteroatoms. The number of rotatable bonds is 4. The van der Waals surface area contributed by atoms with Crippen LogP contribution in [0.3, 0.4) is 0 Å². The van der Waals surface area contributed by atoms with E-state index in [4.69, 9.17) is 0 Å². The van der Waals surface area contributed by atoms with Gasteiger partial charge in [0.2, 0.25) is 11.8 Å². The molecule has 0 radical (unpaired) electrons. The van der Waals surface area contributed by atoms with E-state index in [1.165, 1.54) is 0 Å². The van der Waals surface area contributed by atoms with Crippen LogP contribution >= 0.6 is 0 Å². The molecule has 3 rings (SSSR count). The average Bonchev–Trinajstić information content (AvgIpc) is 2.65. The lowest BCUT2D eigenvalue weighted by molar-refractivity contribution is -0.133. The van der Waals surface area contributed by atoms with Crippen molar-refractivity contribution in [1.29, 1.82) is 0 Å². The second-order valence-electron chi connectivity index (χ2n) is 7.37. The van der Waals surface area contributed by atoms with Crippen LogP contribution in [0.25, 0.3) is 0 Å². The first kappa shape index (κ1) is 19.1. The van der Waals surface area contributed by atoms with Crippen molar-refractivity contribution in [2.75, 3.05) is 18.4 Å². The van der Waals surface area contributed by atoms with Gasteiger partial charge in [0.15, 0.2) is 0 Å². The van der Waals surface area contributed by atoms with Crippen molar-refractivity contribution in [2.24, 2.45) is 5.92 Å². The smallest absolute Gasteiger partial charge is 0.229 e. The SMILES string of the molecule is Cc1cc(C)c(NC(=O)C2CCCN(C(=O)Cc3ccccc3)C2)c(C)n1. The lowest BCUT2D eigenvalue weighted by atomic mass is 9.96. The van der Waals surface area contributed by atoms with E-state index in [0.29, 0.717) is 13.0 Å². The Bertz CT molecular complexity index is 810. The van der Waals surface area contributed by atoms with Gasteiger partial charge in [0.1, 0.15) is 0 Å². The van der Waals surface area contributed by atoms with Gasteiger partial charge in [-0.3, -0.25) is 14.6 Å². The molecule has 1 fully saturated rings. The van der Waals surface area contributed by atoms with Crippen molar-refractivity contribution in [1.82, 2.24) is 9.88 Å². The van der Waals surface area contributed by atoms with Crippen LogP contribution in [0.5, 0.6) is 0 Å². The molecule has 1 aliphatic heterocycles. The number of piperidine rings is 1. The Balaban J connectivity index is 1.64. The summed E-state index contributed by atoms with van der Waals surface area (Å²) in [7, 11) is 0. The van der Waals surface area contributed by atoms with Crippen LogP contribution in [0.1, 0.15) is 35.4 Å². The number of carbonyl (C=O) groups excluding carboxylic acids is 2. The molecule has 2 heterocycles. The first-order valence-electron chi connectivity index (χ1n) is 9.51. The minimum absolute atomic E-state index is 0.0240. The summed E-state index contributed by atoms with van der Waals surface area (Å²) in [6.45, 7) is 7.04. The number of likely N-dealkylation sites (tertiary alicyclic amines) is 1. The zero-order valence-electron chi connectivity index (χ0n) is 16.3. The van der Waals surface area contributed by atoms with Crippen LogP contribution < -0.4 is 5.32 Å². The number of hydrogen-bond acceptors (Lipinski definition) is 3. The molecule has 1 unspecified atom stereocenters. The monoisotopic (exact) mass is 365 g/mol. The highest BCUT2D eigenvalue weighted by atomic mass is 16.2. The molecule has 142 valence electrons. The fourth-order valence-corrected chi connectivity index (χ4v) is 3.74. The highest BCUT2D eigenvalue weighted by Crippen LogP contribution is 2.23. The molecule has 0 saturated carbocycles. The molecule has 2 amide bonds. The number of aryl methyl sites for hydroxylation is 3. The molecule has 1 aromatic heterocycles. The molecule has 1 atom stereocenters. The van der Waals surface area contributed by atoms with Gasteiger partial charge in [-0.15, -0.1) is 0 Å². The molecular formula is C22H27N3O2. The molecule has 27 heavy (non-hydrogen) atoms. The molecule has 5 nitrogen and oxygen atoms in total. The van der Waals surface area contributed by atoms with Crippen molar-refractivity contribution in [3.8, 4) is 0 Å². The van der Waals surface area contributed by atoms with Crippen LogP contribution in [0.4, 0.5) is 5.69 Å². The number of amides is 2. The summed E-state index contributed by atoms with van der Waals surface area (Å²) in [5.74, 6) is -0.120. The van der Waals surface area contributed by atoms with Gasteiger partial charge in [0.05, 0.1) is 23.7 Å². The molecule has 0 spiro atoms. The molecule has 1 aliphatic rings. The van der Waals surface area contributed by atoms with E-state index in [9.17, 15) is 9.59 Å². The Morgan fingerprint density at radius 2 is 1.93 bits per heavy atom. The molecule has 2 aromatic rings. The van der Waals surface area contributed by atoms with Crippen molar-refractivity contribution in [3.63, 3.8) is 0 Å². The van der Waals surface area contributed by atoms with E-state index in [2.05, 4.69) is 10.3 Å². The van der Waals surface area contributed by atoms with Crippen molar-refractivity contribution < 1.29 is 9.59 Å². The molecule has 1 saturated heterocycles. The summed E-state index contributed by atoms with van der Waals surface area (Å²) in [6, 6.07) is 11.7. The predicted molar refractivity (Wildman–Crippen MR) is 107 cm³/mol. The average molecular weight is 365 g/mol. The van der Waals surface area contributed by atoms with Gasteiger partial charge < -0.3 is 10.2 Å². The van der Waals surface area contributed by atoms with Crippen molar-refractivity contribution in [3.05, 3.63) is 58.9 Å². The Labute approximate surface area is 160 Å². The predicted octanol–water partition coefficient (Wildman–Crippen LogP) is 3.43. The summed E-state index contributed by atoms with van der Waals surface area (Å²) < 4.78 is 0. The van der Waals surface area contributed by atoms with E-state index in [0.717, 1.165) is 47.6 Å². The van der Waals surface area contributed by atoms with Gasteiger partial charge in [0.25, 0.3) is 0 Å². The van der Waals surface area contributed by atoms with Gasteiger partial charge >= 0.3 is 0 Å². The van der Waals surface area contributed by atoms with Crippen molar-refractivity contribution >= 4 is 17.5 Å². The molecule has 1 aromatic carbocycles. The minimum atomic E-state index is -0.182. The number of carbonyl (C=O) groups is 2. The van der Waals surface area contributed by atoms with Crippen molar-refractivity contribution in [2.45, 2.75) is 40.0 Å². The third-order valence-corrected chi connectivity index (χ3v) is 5.12. The quantitative estimate of drug-likeness (QED) is 0.903. The number of aromatic nitrogens is 1. The van der Waals surface area contributed by atoms with Crippen LogP contribution in [0, 0.1) is 26.7 Å². The van der Waals surface area contributed by atoms with Crippen LogP contribution in [0.2, 0.25) is 0 Å². The van der Waals surface area contributed by atoms with Gasteiger partial charge in [-0.1, -0.05) is 30.3 Å². The van der Waals surface area contributed by atoms with E-state index >= 15 is 0 Å². The Hall–Kier alpha value is -2.69. The number of pyridine rings is 1. The summed E-state index contributed by atoms with van der Waals surface area (Å²) in [5.41, 5.74) is 4.58. The van der Waals surface area contributed by atoms with Gasteiger partial charge in [0, 0.05) is 18.8 Å². The number of hydrogen-bond donors (Lipinski definition) is 1. The number of anilines is 1. The second kappa shape index (κ2) is 8.33. The lowest BCUT2D eigenvalue weighted by Gasteiger charge is -2.32. The lowest BCUT2D eigenvalue weighted by Crippen LogP contribution is -2.44. The Morgan fingerprint density at radius 1 is 1.19 bits per heavy atom. The number of nitrogens with one attached hydrogen (secondary N) is 1.